The Kier molecular flexibility index (Phi) is 4.55. The molecule has 3 heteroatoms. The van der Waals surface area contributed by atoms with Gasteiger partial charge in [0.1, 0.15) is 0 Å². The highest BCUT2D eigenvalue weighted by Gasteiger charge is 2.16. The summed E-state index contributed by atoms with van der Waals surface area (Å²) in [5, 5.41) is 2.43. The van der Waals surface area contributed by atoms with E-state index in [1.807, 2.05) is 36.5 Å². The molecule has 0 fully saturated rings. The summed E-state index contributed by atoms with van der Waals surface area (Å²) >= 11 is 0. The number of aromatic amines is 1. The highest BCUT2D eigenvalue weighted by molar-refractivity contribution is 6.15. The average molecular weight is 426 g/mol. The molecule has 6 aromatic rings. The molecular formula is C30H23N3. The number of nitrogens with zero attached hydrogens (tertiary/aromatic N) is 2. The van der Waals surface area contributed by atoms with Gasteiger partial charge in [-0.1, -0.05) is 42.5 Å². The normalized spacial score (nSPS) is 11.3. The van der Waals surface area contributed by atoms with Crippen LogP contribution in [-0.2, 0) is 0 Å². The van der Waals surface area contributed by atoms with Crippen LogP contribution in [0.2, 0.25) is 0 Å². The lowest BCUT2D eigenvalue weighted by atomic mass is 9.99. The standard InChI is InChI=1S/C30H23N3/c1-19-15-22-23-16-20(2)18-25(28-13-8-12-26(32-28)21-9-4-3-5-10-21)30(23)33-29(22)24(17-19)27-11-6-7-14-31-27/h3-18,33H,1-2H3. The van der Waals surface area contributed by atoms with E-state index in [9.17, 15) is 0 Å². The fraction of sp³-hybridized carbons (Fsp3) is 0.0667. The molecule has 3 heterocycles. The van der Waals surface area contributed by atoms with Gasteiger partial charge in [-0.2, -0.15) is 0 Å². The predicted molar refractivity (Wildman–Crippen MR) is 137 cm³/mol. The molecule has 0 bridgehead atoms. The highest BCUT2D eigenvalue weighted by Crippen LogP contribution is 2.38. The molecule has 0 amide bonds. The van der Waals surface area contributed by atoms with Crippen LogP contribution >= 0.6 is 0 Å². The molecule has 0 aliphatic carbocycles. The first-order valence-corrected chi connectivity index (χ1v) is 11.2. The molecule has 0 aliphatic heterocycles. The zero-order chi connectivity index (χ0) is 22.4. The topological polar surface area (TPSA) is 41.6 Å². The van der Waals surface area contributed by atoms with Gasteiger partial charge in [0.2, 0.25) is 0 Å². The second kappa shape index (κ2) is 7.72. The third-order valence-corrected chi connectivity index (χ3v) is 6.14. The first-order chi connectivity index (χ1) is 16.2. The zero-order valence-electron chi connectivity index (χ0n) is 18.6. The smallest absolute Gasteiger partial charge is 0.0730 e. The van der Waals surface area contributed by atoms with E-state index in [1.54, 1.807) is 0 Å². The molecule has 0 aliphatic rings. The number of hydrogen-bond acceptors (Lipinski definition) is 2. The molecule has 1 N–H and O–H groups in total. The fourth-order valence-electron chi connectivity index (χ4n) is 4.67. The number of nitrogens with one attached hydrogen (secondary N) is 1. The van der Waals surface area contributed by atoms with Gasteiger partial charge >= 0.3 is 0 Å². The molecule has 0 saturated heterocycles. The van der Waals surface area contributed by atoms with Gasteiger partial charge < -0.3 is 4.98 Å². The lowest BCUT2D eigenvalue weighted by Gasteiger charge is -2.08. The van der Waals surface area contributed by atoms with Crippen molar-refractivity contribution in [2.45, 2.75) is 13.8 Å². The molecule has 33 heavy (non-hydrogen) atoms. The monoisotopic (exact) mass is 425 g/mol. The Balaban J connectivity index is 1.63. The van der Waals surface area contributed by atoms with E-state index in [0.29, 0.717) is 0 Å². The van der Waals surface area contributed by atoms with Gasteiger partial charge in [0.05, 0.1) is 28.1 Å². The minimum Gasteiger partial charge on any atom is -0.353 e. The quantitative estimate of drug-likeness (QED) is 0.315. The zero-order valence-corrected chi connectivity index (χ0v) is 18.6. The molecule has 0 spiro atoms. The van der Waals surface area contributed by atoms with Crippen LogP contribution in [0.3, 0.4) is 0 Å². The van der Waals surface area contributed by atoms with E-state index in [2.05, 4.69) is 84.5 Å². The Morgan fingerprint density at radius 3 is 1.85 bits per heavy atom. The van der Waals surface area contributed by atoms with Crippen LogP contribution in [0.5, 0.6) is 0 Å². The minimum absolute atomic E-state index is 0.965. The Labute approximate surface area is 192 Å². The number of fused-ring (bicyclic) bond motifs is 3. The Morgan fingerprint density at radius 2 is 1.18 bits per heavy atom. The van der Waals surface area contributed by atoms with E-state index in [-0.39, 0.29) is 0 Å². The molecule has 0 unspecified atom stereocenters. The van der Waals surface area contributed by atoms with Gasteiger partial charge in [-0.3, -0.25) is 4.98 Å². The highest BCUT2D eigenvalue weighted by atomic mass is 14.8. The first-order valence-electron chi connectivity index (χ1n) is 11.2. The number of benzene rings is 3. The number of aryl methyl sites for hydroxylation is 2. The fourth-order valence-corrected chi connectivity index (χ4v) is 4.67. The number of rotatable bonds is 3. The van der Waals surface area contributed by atoms with Crippen molar-refractivity contribution >= 4 is 21.8 Å². The number of hydrogen-bond donors (Lipinski definition) is 1. The van der Waals surface area contributed by atoms with Gasteiger partial charge in [-0.05, 0) is 73.5 Å². The summed E-state index contributed by atoms with van der Waals surface area (Å²) in [4.78, 5) is 13.4. The maximum Gasteiger partial charge on any atom is 0.0730 e. The SMILES string of the molecule is Cc1cc(-c2ccccn2)c2[nH]c3c(-c4cccc(-c5ccccc5)n4)cc(C)cc3c2c1. The van der Waals surface area contributed by atoms with Crippen molar-refractivity contribution in [1.82, 2.24) is 15.0 Å². The summed E-state index contributed by atoms with van der Waals surface area (Å²) in [6.45, 7) is 4.30. The number of H-pyrrole nitrogens is 1. The molecule has 0 atom stereocenters. The van der Waals surface area contributed by atoms with E-state index in [0.717, 1.165) is 44.8 Å². The van der Waals surface area contributed by atoms with Crippen LogP contribution in [-0.4, -0.2) is 15.0 Å². The molecule has 6 rings (SSSR count). The van der Waals surface area contributed by atoms with Crippen LogP contribution < -0.4 is 0 Å². The molecule has 3 aromatic heterocycles. The summed E-state index contributed by atoms with van der Waals surface area (Å²) < 4.78 is 0. The van der Waals surface area contributed by atoms with E-state index in [1.165, 1.54) is 21.9 Å². The van der Waals surface area contributed by atoms with Gasteiger partial charge in [0, 0.05) is 33.7 Å². The lowest BCUT2D eigenvalue weighted by Crippen LogP contribution is -1.90. The van der Waals surface area contributed by atoms with Crippen LogP contribution in [0.25, 0.3) is 55.6 Å². The molecule has 3 aromatic carbocycles. The maximum absolute atomic E-state index is 5.04. The van der Waals surface area contributed by atoms with Crippen molar-refractivity contribution in [2.75, 3.05) is 0 Å². The number of aromatic nitrogens is 3. The van der Waals surface area contributed by atoms with Crippen molar-refractivity contribution in [3.05, 3.63) is 108 Å². The van der Waals surface area contributed by atoms with Gasteiger partial charge in [0.25, 0.3) is 0 Å². The van der Waals surface area contributed by atoms with E-state index < -0.39 is 0 Å². The van der Waals surface area contributed by atoms with Crippen LogP contribution in [0, 0.1) is 13.8 Å². The summed E-state index contributed by atoms with van der Waals surface area (Å²) in [6.07, 6.45) is 1.85. The van der Waals surface area contributed by atoms with E-state index in [4.69, 9.17) is 4.98 Å². The Hall–Kier alpha value is -4.24. The average Bonchev–Trinajstić information content (AvgIpc) is 3.22. The second-order valence-electron chi connectivity index (χ2n) is 8.58. The molecular weight excluding hydrogens is 402 g/mol. The second-order valence-corrected chi connectivity index (χ2v) is 8.58. The summed E-state index contributed by atoms with van der Waals surface area (Å²) in [5.74, 6) is 0. The van der Waals surface area contributed by atoms with Gasteiger partial charge in [-0.15, -0.1) is 0 Å². The van der Waals surface area contributed by atoms with E-state index >= 15 is 0 Å². The van der Waals surface area contributed by atoms with Crippen molar-refractivity contribution in [1.29, 1.82) is 0 Å². The van der Waals surface area contributed by atoms with Crippen molar-refractivity contribution in [3.8, 4) is 33.8 Å². The summed E-state index contributed by atoms with van der Waals surface area (Å²) in [7, 11) is 0. The third-order valence-electron chi connectivity index (χ3n) is 6.14. The Morgan fingerprint density at radius 1 is 0.576 bits per heavy atom. The molecule has 158 valence electrons. The molecule has 0 saturated carbocycles. The lowest BCUT2D eigenvalue weighted by molar-refractivity contribution is 1.31. The summed E-state index contributed by atoms with van der Waals surface area (Å²) in [5.41, 5.74) is 10.9. The van der Waals surface area contributed by atoms with Crippen LogP contribution in [0.4, 0.5) is 0 Å². The first kappa shape index (κ1) is 19.4. The van der Waals surface area contributed by atoms with Crippen LogP contribution in [0.15, 0.2) is 97.2 Å². The van der Waals surface area contributed by atoms with Gasteiger partial charge in [0.15, 0.2) is 0 Å². The Bertz CT molecular complexity index is 1610. The van der Waals surface area contributed by atoms with Crippen LogP contribution in [0.1, 0.15) is 11.1 Å². The van der Waals surface area contributed by atoms with Crippen molar-refractivity contribution in [3.63, 3.8) is 0 Å². The predicted octanol–water partition coefficient (Wildman–Crippen LogP) is 7.73. The van der Waals surface area contributed by atoms with Crippen molar-refractivity contribution < 1.29 is 0 Å². The largest absolute Gasteiger partial charge is 0.353 e. The maximum atomic E-state index is 5.04. The summed E-state index contributed by atoms with van der Waals surface area (Å²) in [6, 6.07) is 31.6. The molecule has 3 nitrogen and oxygen atoms in total. The van der Waals surface area contributed by atoms with Crippen molar-refractivity contribution in [2.24, 2.45) is 0 Å². The number of pyridine rings is 2. The minimum atomic E-state index is 0.965. The third kappa shape index (κ3) is 3.39. The van der Waals surface area contributed by atoms with Gasteiger partial charge in [-0.25, -0.2) is 4.98 Å². The molecule has 0 radical (unpaired) electrons.